The van der Waals surface area contributed by atoms with Crippen molar-refractivity contribution in [1.82, 2.24) is 19.8 Å². The molecule has 3 aliphatic heterocycles. The quantitative estimate of drug-likeness (QED) is 0.463. The summed E-state index contributed by atoms with van der Waals surface area (Å²) in [5.74, 6) is 0.315. The summed E-state index contributed by atoms with van der Waals surface area (Å²) in [6.07, 6.45) is -1.80. The molecule has 2 aromatic rings. The Morgan fingerprint density at radius 1 is 1.24 bits per heavy atom. The number of anilines is 1. The van der Waals surface area contributed by atoms with Crippen molar-refractivity contribution in [3.05, 3.63) is 59.3 Å². The van der Waals surface area contributed by atoms with Crippen molar-refractivity contribution in [2.24, 2.45) is 0 Å². The molecule has 0 bridgehead atoms. The highest BCUT2D eigenvalue weighted by molar-refractivity contribution is 5.87. The van der Waals surface area contributed by atoms with Crippen LogP contribution in [0.25, 0.3) is 0 Å². The first kappa shape index (κ1) is 28.8. The maximum absolute atomic E-state index is 13.8. The van der Waals surface area contributed by atoms with E-state index in [1.807, 2.05) is 11.9 Å². The minimum Gasteiger partial charge on any atom is -0.462 e. The smallest absolute Gasteiger partial charge is 0.416 e. The molecule has 0 saturated carbocycles. The van der Waals surface area contributed by atoms with E-state index in [0.717, 1.165) is 25.5 Å². The summed E-state index contributed by atoms with van der Waals surface area (Å²) in [4.78, 5) is 27.7. The Bertz CT molecular complexity index is 1330. The van der Waals surface area contributed by atoms with Gasteiger partial charge in [0.25, 0.3) is 0 Å². The molecule has 1 aromatic heterocycles. The Balaban J connectivity index is 1.47. The number of amides is 1. The number of nitrogens with zero attached hydrogens (tertiary/aromatic N) is 6. The molecule has 1 amide bonds. The molecule has 0 spiro atoms. The first-order chi connectivity index (χ1) is 19.7. The molecule has 12 heteroatoms. The van der Waals surface area contributed by atoms with Crippen LogP contribution in [0.15, 0.2) is 36.9 Å². The van der Waals surface area contributed by atoms with Crippen LogP contribution in [0.1, 0.15) is 47.8 Å². The number of rotatable bonds is 7. The zero-order valence-corrected chi connectivity index (χ0v) is 22.9. The molecule has 0 aliphatic carbocycles. The Morgan fingerprint density at radius 2 is 2.05 bits per heavy atom. The van der Waals surface area contributed by atoms with Crippen molar-refractivity contribution in [2.45, 2.75) is 56.7 Å². The summed E-state index contributed by atoms with van der Waals surface area (Å²) in [5.41, 5.74) is 0.576. The molecule has 218 valence electrons. The average Bonchev–Trinajstić information content (AvgIpc) is 3.39. The Morgan fingerprint density at radius 3 is 2.76 bits per heavy atom. The number of nitriles is 1. The standard InChI is InChI=1S/C29H33F3N6O3/c1-3-26(39)38-14-13-37(16-19(38)10-11-33)27-22-18-40-25(21-8-4-5-9-23(21)29(30,31)32)15-24(22)34-28(35-27)41-17-20-7-6-12-36(20)2/h3-5,8-9,19-20,25H,1,6-7,10,12-18H2,2H3/t19-,20-,25?/m0/s1. The fourth-order valence-electron chi connectivity index (χ4n) is 5.89. The molecule has 3 aliphatic rings. The van der Waals surface area contributed by atoms with E-state index >= 15 is 0 Å². The number of likely N-dealkylation sites (tertiary alicyclic amines) is 1. The number of ether oxygens (including phenoxy) is 2. The lowest BCUT2D eigenvalue weighted by molar-refractivity contribution is -0.139. The van der Waals surface area contributed by atoms with Crippen LogP contribution in [0.3, 0.4) is 0 Å². The largest absolute Gasteiger partial charge is 0.462 e. The van der Waals surface area contributed by atoms with E-state index < -0.39 is 17.8 Å². The van der Waals surface area contributed by atoms with Crippen LogP contribution >= 0.6 is 0 Å². The second-order valence-corrected chi connectivity index (χ2v) is 10.6. The highest BCUT2D eigenvalue weighted by atomic mass is 19.4. The number of benzene rings is 1. The normalized spacial score (nSPS) is 23.1. The topological polar surface area (TPSA) is 94.8 Å². The predicted molar refractivity (Wildman–Crippen MR) is 144 cm³/mol. The Labute approximate surface area is 237 Å². The lowest BCUT2D eigenvalue weighted by Crippen LogP contribution is -2.55. The summed E-state index contributed by atoms with van der Waals surface area (Å²) < 4.78 is 53.5. The van der Waals surface area contributed by atoms with Gasteiger partial charge in [-0.2, -0.15) is 28.4 Å². The molecule has 2 fully saturated rings. The number of fused-ring (bicyclic) bond motifs is 1. The van der Waals surface area contributed by atoms with Gasteiger partial charge in [-0.05, 0) is 44.1 Å². The van der Waals surface area contributed by atoms with Crippen LogP contribution in [0.2, 0.25) is 0 Å². The number of carbonyl (C=O) groups excluding carboxylic acids is 1. The van der Waals surface area contributed by atoms with E-state index in [1.54, 1.807) is 11.0 Å². The zero-order valence-electron chi connectivity index (χ0n) is 22.9. The van der Waals surface area contributed by atoms with Crippen LogP contribution < -0.4 is 9.64 Å². The first-order valence-electron chi connectivity index (χ1n) is 13.7. The molecule has 5 rings (SSSR count). The summed E-state index contributed by atoms with van der Waals surface area (Å²) in [7, 11) is 2.04. The molecule has 9 nitrogen and oxygen atoms in total. The number of aromatic nitrogens is 2. The molecule has 4 heterocycles. The third-order valence-electron chi connectivity index (χ3n) is 8.11. The fraction of sp³-hybridized carbons (Fsp3) is 0.517. The Kier molecular flexibility index (Phi) is 8.47. The van der Waals surface area contributed by atoms with Gasteiger partial charge in [-0.15, -0.1) is 0 Å². The van der Waals surface area contributed by atoms with Crippen LogP contribution in [0, 0.1) is 11.3 Å². The van der Waals surface area contributed by atoms with E-state index in [1.165, 1.54) is 18.2 Å². The lowest BCUT2D eigenvalue weighted by atomic mass is 9.95. The minimum atomic E-state index is -4.52. The number of likely N-dealkylation sites (N-methyl/N-ethyl adjacent to an activating group) is 1. The number of carbonyl (C=O) groups is 1. The van der Waals surface area contributed by atoms with Crippen molar-refractivity contribution in [3.63, 3.8) is 0 Å². The second kappa shape index (κ2) is 12.0. The van der Waals surface area contributed by atoms with Gasteiger partial charge in [-0.1, -0.05) is 24.8 Å². The molecular weight excluding hydrogens is 537 g/mol. The van der Waals surface area contributed by atoms with Gasteiger partial charge in [-0.25, -0.2) is 0 Å². The van der Waals surface area contributed by atoms with E-state index in [2.05, 4.69) is 22.5 Å². The van der Waals surface area contributed by atoms with Crippen molar-refractivity contribution in [3.8, 4) is 12.1 Å². The van der Waals surface area contributed by atoms with Crippen molar-refractivity contribution in [1.29, 1.82) is 5.26 Å². The van der Waals surface area contributed by atoms with Gasteiger partial charge >= 0.3 is 12.2 Å². The molecule has 1 aromatic carbocycles. The van der Waals surface area contributed by atoms with Crippen molar-refractivity contribution < 1.29 is 27.4 Å². The van der Waals surface area contributed by atoms with Gasteiger partial charge in [0.15, 0.2) is 0 Å². The van der Waals surface area contributed by atoms with Gasteiger partial charge in [0.2, 0.25) is 5.91 Å². The third kappa shape index (κ3) is 6.16. The van der Waals surface area contributed by atoms with Crippen molar-refractivity contribution >= 4 is 11.7 Å². The zero-order chi connectivity index (χ0) is 29.1. The summed E-state index contributed by atoms with van der Waals surface area (Å²) in [6, 6.07) is 7.60. The molecular formula is C29H33F3N6O3. The number of piperazine rings is 1. The maximum atomic E-state index is 13.8. The van der Waals surface area contributed by atoms with E-state index in [0.29, 0.717) is 43.3 Å². The van der Waals surface area contributed by atoms with Gasteiger partial charge in [0.1, 0.15) is 12.4 Å². The molecule has 41 heavy (non-hydrogen) atoms. The van der Waals surface area contributed by atoms with E-state index in [4.69, 9.17) is 14.5 Å². The van der Waals surface area contributed by atoms with Crippen LogP contribution in [0.5, 0.6) is 6.01 Å². The number of hydrogen-bond acceptors (Lipinski definition) is 8. The molecule has 3 atom stereocenters. The average molecular weight is 571 g/mol. The summed E-state index contributed by atoms with van der Waals surface area (Å²) in [5, 5.41) is 9.41. The number of hydrogen-bond donors (Lipinski definition) is 0. The van der Waals surface area contributed by atoms with E-state index in [9.17, 15) is 23.2 Å². The van der Waals surface area contributed by atoms with Gasteiger partial charge in [-0.3, -0.25) is 4.79 Å². The fourth-order valence-corrected chi connectivity index (χ4v) is 5.89. The number of halogens is 3. The highest BCUT2D eigenvalue weighted by Gasteiger charge is 2.38. The van der Waals surface area contributed by atoms with Crippen LogP contribution in [-0.4, -0.2) is 77.6 Å². The molecule has 2 saturated heterocycles. The minimum absolute atomic E-state index is 0.0158. The lowest BCUT2D eigenvalue weighted by Gasteiger charge is -2.42. The summed E-state index contributed by atoms with van der Waals surface area (Å²) in [6.45, 7) is 6.12. The molecule has 0 N–H and O–H groups in total. The van der Waals surface area contributed by atoms with Crippen LogP contribution in [0.4, 0.5) is 19.0 Å². The van der Waals surface area contributed by atoms with Gasteiger partial charge in [0.05, 0.1) is 42.5 Å². The monoisotopic (exact) mass is 570 g/mol. The van der Waals surface area contributed by atoms with Gasteiger partial charge in [0, 0.05) is 37.7 Å². The Hall–Kier alpha value is -3.69. The predicted octanol–water partition coefficient (Wildman–Crippen LogP) is 3.90. The molecule has 0 radical (unpaired) electrons. The van der Waals surface area contributed by atoms with Gasteiger partial charge < -0.3 is 24.2 Å². The second-order valence-electron chi connectivity index (χ2n) is 10.6. The highest BCUT2D eigenvalue weighted by Crippen LogP contribution is 2.40. The SMILES string of the molecule is C=CC(=O)N1CCN(c2nc(OC[C@@H]3CCCN3C)nc3c2COC(c2ccccc2C(F)(F)F)C3)C[C@@H]1CC#N. The molecule has 1 unspecified atom stereocenters. The van der Waals surface area contributed by atoms with Crippen molar-refractivity contribution in [2.75, 3.05) is 44.7 Å². The first-order valence-corrected chi connectivity index (χ1v) is 13.7. The maximum Gasteiger partial charge on any atom is 0.416 e. The third-order valence-corrected chi connectivity index (χ3v) is 8.11. The summed E-state index contributed by atoms with van der Waals surface area (Å²) >= 11 is 0. The van der Waals surface area contributed by atoms with Crippen LogP contribution in [-0.2, 0) is 28.7 Å². The number of alkyl halides is 3. The van der Waals surface area contributed by atoms with E-state index in [-0.39, 0.29) is 49.0 Å².